The van der Waals surface area contributed by atoms with Crippen molar-refractivity contribution in [3.8, 4) is 0 Å². The predicted molar refractivity (Wildman–Crippen MR) is 100 cm³/mol. The van der Waals surface area contributed by atoms with Crippen LogP contribution in [0.3, 0.4) is 0 Å². The number of carbonyl (C=O) groups is 2. The summed E-state index contributed by atoms with van der Waals surface area (Å²) in [4.78, 5) is 31.8. The normalized spacial score (nSPS) is 19.4. The second-order valence-electron chi connectivity index (χ2n) is 7.18. The highest BCUT2D eigenvalue weighted by atomic mass is 16.2. The third kappa shape index (κ3) is 3.21. The number of rotatable bonds is 4. The molecule has 2 fully saturated rings. The summed E-state index contributed by atoms with van der Waals surface area (Å²) in [5.74, 6) is 0.954. The maximum absolute atomic E-state index is 12.9. The van der Waals surface area contributed by atoms with Gasteiger partial charge in [0.1, 0.15) is 11.9 Å². The highest BCUT2D eigenvalue weighted by molar-refractivity contribution is 6.01. The lowest BCUT2D eigenvalue weighted by Gasteiger charge is -2.24. The zero-order valence-electron chi connectivity index (χ0n) is 14.9. The van der Waals surface area contributed by atoms with Gasteiger partial charge < -0.3 is 10.2 Å². The Labute approximate surface area is 153 Å². The Morgan fingerprint density at radius 1 is 1.12 bits per heavy atom. The van der Waals surface area contributed by atoms with Crippen molar-refractivity contribution in [1.82, 2.24) is 9.88 Å². The molecule has 2 aromatic rings. The Hall–Kier alpha value is -2.69. The molecule has 134 valence electrons. The lowest BCUT2D eigenvalue weighted by Crippen LogP contribution is -2.43. The number of benzene rings is 1. The fourth-order valence-electron chi connectivity index (χ4n) is 3.79. The molecule has 1 saturated heterocycles. The molecule has 2 heterocycles. The van der Waals surface area contributed by atoms with Crippen molar-refractivity contribution in [2.45, 2.75) is 44.6 Å². The summed E-state index contributed by atoms with van der Waals surface area (Å²) >= 11 is 0. The van der Waals surface area contributed by atoms with Crippen LogP contribution in [0.2, 0.25) is 0 Å². The van der Waals surface area contributed by atoms with Crippen LogP contribution in [0, 0.1) is 6.92 Å². The van der Waals surface area contributed by atoms with Crippen molar-refractivity contribution in [3.63, 3.8) is 0 Å². The molecule has 1 aromatic heterocycles. The van der Waals surface area contributed by atoms with Gasteiger partial charge in [-0.05, 0) is 62.3 Å². The molecule has 0 spiro atoms. The Bertz CT molecular complexity index is 830. The summed E-state index contributed by atoms with van der Waals surface area (Å²) in [6.07, 6.45) is 5.57. The van der Waals surface area contributed by atoms with Crippen LogP contribution < -0.4 is 5.32 Å². The van der Waals surface area contributed by atoms with Crippen LogP contribution in [0.1, 0.15) is 53.1 Å². The van der Waals surface area contributed by atoms with Crippen molar-refractivity contribution >= 4 is 17.6 Å². The molecule has 0 bridgehead atoms. The molecule has 2 aliphatic rings. The smallest absolute Gasteiger partial charge is 0.254 e. The molecule has 1 aliphatic heterocycles. The molecule has 0 unspecified atom stereocenters. The highest BCUT2D eigenvalue weighted by Crippen LogP contribution is 2.44. The Morgan fingerprint density at radius 3 is 2.62 bits per heavy atom. The van der Waals surface area contributed by atoms with E-state index < -0.39 is 6.04 Å². The number of carbonyl (C=O) groups excluding carboxylic acids is 2. The number of nitrogens with one attached hydrogen (secondary N) is 1. The quantitative estimate of drug-likeness (QED) is 0.919. The van der Waals surface area contributed by atoms with Gasteiger partial charge in [0, 0.05) is 23.9 Å². The van der Waals surface area contributed by atoms with Gasteiger partial charge in [-0.3, -0.25) is 9.59 Å². The monoisotopic (exact) mass is 349 g/mol. The van der Waals surface area contributed by atoms with Crippen LogP contribution in [-0.2, 0) is 4.79 Å². The molecule has 1 atom stereocenters. The molecule has 1 aromatic carbocycles. The van der Waals surface area contributed by atoms with Crippen molar-refractivity contribution < 1.29 is 9.59 Å². The number of hydrogen-bond donors (Lipinski definition) is 1. The largest absolute Gasteiger partial charge is 0.327 e. The van der Waals surface area contributed by atoms with E-state index >= 15 is 0 Å². The first-order valence-electron chi connectivity index (χ1n) is 9.27. The Morgan fingerprint density at radius 2 is 1.88 bits per heavy atom. The zero-order chi connectivity index (χ0) is 18.1. The molecular weight excluding hydrogens is 326 g/mol. The van der Waals surface area contributed by atoms with E-state index in [9.17, 15) is 9.59 Å². The minimum atomic E-state index is -0.433. The van der Waals surface area contributed by atoms with Crippen LogP contribution in [-0.4, -0.2) is 34.3 Å². The predicted octanol–water partition coefficient (Wildman–Crippen LogP) is 3.51. The van der Waals surface area contributed by atoms with Gasteiger partial charge in [-0.1, -0.05) is 18.2 Å². The van der Waals surface area contributed by atoms with E-state index in [2.05, 4.69) is 17.2 Å². The van der Waals surface area contributed by atoms with Gasteiger partial charge in [0.15, 0.2) is 0 Å². The van der Waals surface area contributed by atoms with Crippen LogP contribution in [0.5, 0.6) is 0 Å². The molecule has 26 heavy (non-hydrogen) atoms. The second-order valence-corrected chi connectivity index (χ2v) is 7.18. The molecule has 1 saturated carbocycles. The number of likely N-dealkylation sites (tertiary alicyclic amines) is 1. The van der Waals surface area contributed by atoms with Crippen molar-refractivity contribution in [2.24, 2.45) is 0 Å². The number of anilines is 1. The minimum Gasteiger partial charge on any atom is -0.327 e. The first-order valence-corrected chi connectivity index (χ1v) is 9.27. The molecular formula is C21H23N3O2. The van der Waals surface area contributed by atoms with Crippen molar-refractivity contribution in [2.75, 3.05) is 11.9 Å². The third-order valence-electron chi connectivity index (χ3n) is 5.27. The number of aryl methyl sites for hydroxylation is 1. The first kappa shape index (κ1) is 16.8. The average molecular weight is 349 g/mol. The minimum absolute atomic E-state index is 0.0807. The molecule has 2 amide bonds. The van der Waals surface area contributed by atoms with E-state index in [1.807, 2.05) is 24.3 Å². The van der Waals surface area contributed by atoms with E-state index in [1.54, 1.807) is 23.2 Å². The molecule has 1 aliphatic carbocycles. The molecule has 5 heteroatoms. The SMILES string of the molecule is Cc1ccnc(NC(=O)[C@H]2CCCN2C(=O)c2ccccc2)c1C1CC1. The maximum Gasteiger partial charge on any atom is 0.254 e. The van der Waals surface area contributed by atoms with E-state index in [4.69, 9.17) is 0 Å². The van der Waals surface area contributed by atoms with Gasteiger partial charge in [-0.2, -0.15) is 0 Å². The van der Waals surface area contributed by atoms with Crippen LogP contribution in [0.25, 0.3) is 0 Å². The van der Waals surface area contributed by atoms with Crippen LogP contribution >= 0.6 is 0 Å². The van der Waals surface area contributed by atoms with E-state index in [0.29, 0.717) is 30.3 Å². The number of nitrogens with zero attached hydrogens (tertiary/aromatic N) is 2. The second kappa shape index (κ2) is 6.90. The van der Waals surface area contributed by atoms with E-state index in [-0.39, 0.29) is 11.8 Å². The van der Waals surface area contributed by atoms with Crippen molar-refractivity contribution in [1.29, 1.82) is 0 Å². The molecule has 5 nitrogen and oxygen atoms in total. The van der Waals surface area contributed by atoms with Gasteiger partial charge in [-0.25, -0.2) is 4.98 Å². The number of amides is 2. The van der Waals surface area contributed by atoms with Crippen LogP contribution in [0.15, 0.2) is 42.6 Å². The summed E-state index contributed by atoms with van der Waals surface area (Å²) in [6, 6.07) is 10.7. The molecule has 0 radical (unpaired) electrons. The zero-order valence-corrected chi connectivity index (χ0v) is 14.9. The molecule has 1 N–H and O–H groups in total. The van der Waals surface area contributed by atoms with Crippen molar-refractivity contribution in [3.05, 3.63) is 59.3 Å². The van der Waals surface area contributed by atoms with Gasteiger partial charge >= 0.3 is 0 Å². The Kier molecular flexibility index (Phi) is 4.45. The Balaban J connectivity index is 1.53. The standard InChI is InChI=1S/C21H23N3O2/c1-14-11-12-22-19(18(14)15-9-10-15)23-20(25)17-8-5-13-24(17)21(26)16-6-3-2-4-7-16/h2-4,6-7,11-12,15,17H,5,8-10,13H2,1H3,(H,22,23,25)/t17-/m1/s1. The first-order chi connectivity index (χ1) is 12.6. The number of hydrogen-bond acceptors (Lipinski definition) is 3. The summed E-state index contributed by atoms with van der Waals surface area (Å²) in [5.41, 5.74) is 2.95. The van der Waals surface area contributed by atoms with Gasteiger partial charge in [0.05, 0.1) is 0 Å². The highest BCUT2D eigenvalue weighted by Gasteiger charge is 2.36. The van der Waals surface area contributed by atoms with E-state index in [0.717, 1.165) is 24.8 Å². The summed E-state index contributed by atoms with van der Waals surface area (Å²) in [6.45, 7) is 2.67. The topological polar surface area (TPSA) is 62.3 Å². The van der Waals surface area contributed by atoms with Crippen LogP contribution in [0.4, 0.5) is 5.82 Å². The maximum atomic E-state index is 12.9. The number of aromatic nitrogens is 1. The summed E-state index contributed by atoms with van der Waals surface area (Å²) < 4.78 is 0. The summed E-state index contributed by atoms with van der Waals surface area (Å²) in [7, 11) is 0. The van der Waals surface area contributed by atoms with Gasteiger partial charge in [0.25, 0.3) is 5.91 Å². The van der Waals surface area contributed by atoms with Gasteiger partial charge in [0.2, 0.25) is 5.91 Å². The summed E-state index contributed by atoms with van der Waals surface area (Å²) in [5, 5.41) is 3.01. The molecule has 4 rings (SSSR count). The lowest BCUT2D eigenvalue weighted by atomic mass is 10.1. The van der Waals surface area contributed by atoms with Gasteiger partial charge in [-0.15, -0.1) is 0 Å². The fourth-order valence-corrected chi connectivity index (χ4v) is 3.79. The lowest BCUT2D eigenvalue weighted by molar-refractivity contribution is -0.119. The third-order valence-corrected chi connectivity index (χ3v) is 5.27. The van der Waals surface area contributed by atoms with E-state index in [1.165, 1.54) is 5.56 Å². The number of pyridine rings is 1. The fraction of sp³-hybridized carbons (Fsp3) is 0.381. The average Bonchev–Trinajstić information content (AvgIpc) is 3.36.